The number of nitrogens with zero attached hydrogens (tertiary/aromatic N) is 1. The van der Waals surface area contributed by atoms with Crippen molar-refractivity contribution in [3.63, 3.8) is 0 Å². The molecule has 1 N–H and O–H groups in total. The molecule has 6 nitrogen and oxygen atoms in total. The molecular formula is C19H14ClIN2O4. The Hall–Kier alpha value is -2.39. The van der Waals surface area contributed by atoms with Crippen LogP contribution in [0.3, 0.4) is 0 Å². The van der Waals surface area contributed by atoms with Gasteiger partial charge in [-0.2, -0.15) is 0 Å². The van der Waals surface area contributed by atoms with Crippen LogP contribution in [-0.4, -0.2) is 24.9 Å². The second kappa shape index (κ2) is 7.69. The van der Waals surface area contributed by atoms with E-state index in [0.29, 0.717) is 16.9 Å². The molecule has 1 aliphatic rings. The summed E-state index contributed by atoms with van der Waals surface area (Å²) in [6, 6.07) is 11.7. The first-order valence-corrected chi connectivity index (χ1v) is 9.29. The molecule has 0 spiro atoms. The van der Waals surface area contributed by atoms with Gasteiger partial charge in [0.15, 0.2) is 0 Å². The number of anilines is 2. The molecule has 0 unspecified atom stereocenters. The lowest BCUT2D eigenvalue weighted by atomic mass is 10.2. The van der Waals surface area contributed by atoms with Crippen molar-refractivity contribution >= 4 is 63.4 Å². The molecule has 3 rings (SSSR count). The van der Waals surface area contributed by atoms with Crippen molar-refractivity contribution in [1.82, 2.24) is 0 Å². The molecule has 1 heterocycles. The van der Waals surface area contributed by atoms with E-state index in [9.17, 15) is 14.4 Å². The number of amides is 2. The lowest BCUT2D eigenvalue weighted by Gasteiger charge is -2.17. The normalized spacial score (nSPS) is 14.0. The predicted octanol–water partition coefficient (Wildman–Crippen LogP) is 3.82. The van der Waals surface area contributed by atoms with Gasteiger partial charge in [-0.1, -0.05) is 11.6 Å². The predicted molar refractivity (Wildman–Crippen MR) is 111 cm³/mol. The van der Waals surface area contributed by atoms with Gasteiger partial charge in [-0.3, -0.25) is 9.59 Å². The highest BCUT2D eigenvalue weighted by Gasteiger charge is 2.39. The van der Waals surface area contributed by atoms with E-state index in [4.69, 9.17) is 11.6 Å². The molecule has 2 aromatic rings. The van der Waals surface area contributed by atoms with Crippen molar-refractivity contribution in [3.05, 3.63) is 67.9 Å². The van der Waals surface area contributed by atoms with Gasteiger partial charge in [0.05, 0.1) is 18.4 Å². The molecular weight excluding hydrogens is 483 g/mol. The first kappa shape index (κ1) is 19.4. The van der Waals surface area contributed by atoms with Crippen LogP contribution in [0.2, 0.25) is 0 Å². The fourth-order valence-corrected chi connectivity index (χ4v) is 3.51. The Morgan fingerprint density at radius 1 is 1.11 bits per heavy atom. The van der Waals surface area contributed by atoms with Crippen LogP contribution >= 0.6 is 34.2 Å². The van der Waals surface area contributed by atoms with Crippen molar-refractivity contribution in [2.24, 2.45) is 0 Å². The van der Waals surface area contributed by atoms with Gasteiger partial charge >= 0.3 is 5.97 Å². The number of nitrogens with one attached hydrogen (secondary N) is 1. The fraction of sp³-hybridized carbons (Fsp3) is 0.105. The highest BCUT2D eigenvalue weighted by atomic mass is 127. The number of methoxy groups -OCH3 is 1. The first-order chi connectivity index (χ1) is 12.8. The Morgan fingerprint density at radius 3 is 2.37 bits per heavy atom. The van der Waals surface area contributed by atoms with E-state index >= 15 is 0 Å². The Bertz CT molecular complexity index is 986. The summed E-state index contributed by atoms with van der Waals surface area (Å²) in [5.41, 5.74) is 2.15. The standard InChI is InChI=1S/C19H14ClIN2O4/c1-10-9-12(21)5-8-14(10)23-17(24)15(20)16(18(23)25)22-13-6-3-11(4-7-13)19(26)27-2/h3-9,22H,1-2H3. The molecule has 2 amide bonds. The third-order valence-electron chi connectivity index (χ3n) is 4.00. The third kappa shape index (κ3) is 3.70. The summed E-state index contributed by atoms with van der Waals surface area (Å²) in [5, 5.41) is 2.68. The smallest absolute Gasteiger partial charge is 0.337 e. The van der Waals surface area contributed by atoms with Gasteiger partial charge in [-0.25, -0.2) is 9.69 Å². The molecule has 1 aliphatic heterocycles. The van der Waals surface area contributed by atoms with Crippen LogP contribution in [0.5, 0.6) is 0 Å². The molecule has 0 fully saturated rings. The van der Waals surface area contributed by atoms with Crippen LogP contribution in [0, 0.1) is 10.5 Å². The maximum Gasteiger partial charge on any atom is 0.337 e. The van der Waals surface area contributed by atoms with E-state index < -0.39 is 17.8 Å². The van der Waals surface area contributed by atoms with Crippen molar-refractivity contribution in [2.75, 3.05) is 17.3 Å². The Morgan fingerprint density at radius 2 is 1.78 bits per heavy atom. The number of ether oxygens (including phenoxy) is 1. The number of hydrogen-bond donors (Lipinski definition) is 1. The molecule has 2 aromatic carbocycles. The maximum absolute atomic E-state index is 12.8. The number of rotatable bonds is 4. The van der Waals surface area contributed by atoms with Crippen LogP contribution < -0.4 is 10.2 Å². The second-order valence-electron chi connectivity index (χ2n) is 5.76. The average molecular weight is 497 g/mol. The number of esters is 1. The van der Waals surface area contributed by atoms with Crippen LogP contribution in [0.1, 0.15) is 15.9 Å². The zero-order valence-electron chi connectivity index (χ0n) is 14.4. The summed E-state index contributed by atoms with van der Waals surface area (Å²) < 4.78 is 5.64. The number of hydrogen-bond acceptors (Lipinski definition) is 5. The van der Waals surface area contributed by atoms with E-state index in [1.807, 2.05) is 19.1 Å². The minimum Gasteiger partial charge on any atom is -0.465 e. The molecule has 0 aromatic heterocycles. The Labute approximate surface area is 174 Å². The summed E-state index contributed by atoms with van der Waals surface area (Å²) >= 11 is 8.29. The highest BCUT2D eigenvalue weighted by molar-refractivity contribution is 14.1. The van der Waals surface area contributed by atoms with Crippen LogP contribution in [0.15, 0.2) is 53.2 Å². The Kier molecular flexibility index (Phi) is 5.52. The van der Waals surface area contributed by atoms with E-state index in [1.165, 1.54) is 7.11 Å². The van der Waals surface area contributed by atoms with Crippen LogP contribution in [0.4, 0.5) is 11.4 Å². The molecule has 0 radical (unpaired) electrons. The maximum atomic E-state index is 12.8. The van der Waals surface area contributed by atoms with Gasteiger partial charge in [-0.15, -0.1) is 0 Å². The minimum atomic E-state index is -0.584. The quantitative estimate of drug-likeness (QED) is 0.396. The van der Waals surface area contributed by atoms with Gasteiger partial charge in [0.2, 0.25) is 0 Å². The Balaban J connectivity index is 1.87. The fourth-order valence-electron chi connectivity index (χ4n) is 2.65. The first-order valence-electron chi connectivity index (χ1n) is 7.83. The number of carbonyl (C=O) groups excluding carboxylic acids is 3. The summed E-state index contributed by atoms with van der Waals surface area (Å²) in [4.78, 5) is 37.9. The largest absolute Gasteiger partial charge is 0.465 e. The average Bonchev–Trinajstić information content (AvgIpc) is 2.86. The third-order valence-corrected chi connectivity index (χ3v) is 5.02. The lowest BCUT2D eigenvalue weighted by Crippen LogP contribution is -2.32. The summed E-state index contributed by atoms with van der Waals surface area (Å²) in [6.07, 6.45) is 0. The van der Waals surface area contributed by atoms with Gasteiger partial charge in [0.25, 0.3) is 11.8 Å². The molecule has 138 valence electrons. The van der Waals surface area contributed by atoms with Gasteiger partial charge < -0.3 is 10.1 Å². The number of halogens is 2. The topological polar surface area (TPSA) is 75.7 Å². The minimum absolute atomic E-state index is 0.00886. The van der Waals surface area contributed by atoms with Gasteiger partial charge in [0.1, 0.15) is 10.7 Å². The van der Waals surface area contributed by atoms with Gasteiger partial charge in [-0.05, 0) is 77.5 Å². The molecule has 0 bridgehead atoms. The van der Waals surface area contributed by atoms with Crippen molar-refractivity contribution < 1.29 is 19.1 Å². The number of imide groups is 1. The lowest BCUT2D eigenvalue weighted by molar-refractivity contribution is -0.120. The summed E-state index contributed by atoms with van der Waals surface area (Å²) in [6.45, 7) is 1.82. The number of carbonyl (C=O) groups is 3. The molecule has 0 atom stereocenters. The van der Waals surface area contributed by atoms with E-state index in [2.05, 4.69) is 32.6 Å². The second-order valence-corrected chi connectivity index (χ2v) is 7.38. The number of aryl methyl sites for hydroxylation is 1. The highest BCUT2D eigenvalue weighted by Crippen LogP contribution is 2.32. The van der Waals surface area contributed by atoms with Crippen molar-refractivity contribution in [2.45, 2.75) is 6.92 Å². The SMILES string of the molecule is COC(=O)c1ccc(NC2=C(Cl)C(=O)N(c3ccc(I)cc3C)C2=O)cc1. The van der Waals surface area contributed by atoms with E-state index in [1.54, 1.807) is 30.3 Å². The van der Waals surface area contributed by atoms with E-state index in [0.717, 1.165) is 14.0 Å². The molecule has 0 aliphatic carbocycles. The zero-order chi connectivity index (χ0) is 19.7. The summed E-state index contributed by atoms with van der Waals surface area (Å²) in [7, 11) is 1.29. The molecule has 0 saturated carbocycles. The molecule has 0 saturated heterocycles. The zero-order valence-corrected chi connectivity index (χ0v) is 17.3. The number of benzene rings is 2. The molecule has 27 heavy (non-hydrogen) atoms. The van der Waals surface area contributed by atoms with Gasteiger partial charge in [0, 0.05) is 9.26 Å². The van der Waals surface area contributed by atoms with Crippen molar-refractivity contribution in [1.29, 1.82) is 0 Å². The van der Waals surface area contributed by atoms with Crippen LogP contribution in [0.25, 0.3) is 0 Å². The van der Waals surface area contributed by atoms with E-state index in [-0.39, 0.29) is 10.7 Å². The summed E-state index contributed by atoms with van der Waals surface area (Å²) in [5.74, 6) is -1.59. The molecule has 8 heteroatoms. The van der Waals surface area contributed by atoms with Crippen molar-refractivity contribution in [3.8, 4) is 0 Å². The van der Waals surface area contributed by atoms with Crippen LogP contribution in [-0.2, 0) is 14.3 Å². The monoisotopic (exact) mass is 496 g/mol.